The second-order valence-corrected chi connectivity index (χ2v) is 12.5. The first-order valence-electron chi connectivity index (χ1n) is 17.1. The lowest BCUT2D eigenvalue weighted by Crippen LogP contribution is -2.55. The molecule has 0 radical (unpaired) electrons. The predicted octanol–water partition coefficient (Wildman–Crippen LogP) is 4.35. The Labute approximate surface area is 296 Å². The summed E-state index contributed by atoms with van der Waals surface area (Å²) in [6, 6.07) is 37.9. The third-order valence-electron chi connectivity index (χ3n) is 9.44. The molecule has 8 aromatic rings. The standard InChI is InChI=1S/C38H32N12O2/c1-2-26-25-45(37-39-33-31(35(51)47(37)27-15-7-3-8-16-27)41-43-49(33)29-19-11-5-12-20-29)23-24-46(26)38-40-34-32(36(52)48(38)28-17-9-4-10-18-28)42-44-50(34)30-21-13-6-14-22-30/h3-22,26H,2,23-25H2,1H3. The zero-order chi connectivity index (χ0) is 35.2. The van der Waals surface area contributed by atoms with E-state index >= 15 is 0 Å². The van der Waals surface area contributed by atoms with Gasteiger partial charge in [-0.25, -0.2) is 9.13 Å². The highest BCUT2D eigenvalue weighted by molar-refractivity contribution is 5.75. The van der Waals surface area contributed by atoms with Crippen LogP contribution in [-0.4, -0.2) is 74.8 Å². The quantitative estimate of drug-likeness (QED) is 0.238. The van der Waals surface area contributed by atoms with Crippen molar-refractivity contribution in [2.45, 2.75) is 19.4 Å². The summed E-state index contributed by atoms with van der Waals surface area (Å²) < 4.78 is 6.45. The number of fused-ring (bicyclic) bond motifs is 2. The van der Waals surface area contributed by atoms with E-state index in [9.17, 15) is 9.59 Å². The van der Waals surface area contributed by atoms with Gasteiger partial charge in [0.15, 0.2) is 22.3 Å². The molecule has 0 bridgehead atoms. The van der Waals surface area contributed by atoms with Gasteiger partial charge in [0.25, 0.3) is 11.1 Å². The van der Waals surface area contributed by atoms with Crippen LogP contribution in [0.2, 0.25) is 0 Å². The average Bonchev–Trinajstić information content (AvgIpc) is 3.84. The highest BCUT2D eigenvalue weighted by Crippen LogP contribution is 2.28. The number of para-hydroxylation sites is 4. The molecule has 1 aliphatic rings. The largest absolute Gasteiger partial charge is 0.338 e. The summed E-state index contributed by atoms with van der Waals surface area (Å²) in [7, 11) is 0. The third kappa shape index (κ3) is 5.11. The van der Waals surface area contributed by atoms with E-state index in [1.807, 2.05) is 121 Å². The maximum atomic E-state index is 14.3. The maximum absolute atomic E-state index is 14.3. The van der Waals surface area contributed by atoms with Gasteiger partial charge in [0.05, 0.1) is 22.7 Å². The molecule has 52 heavy (non-hydrogen) atoms. The summed E-state index contributed by atoms with van der Waals surface area (Å²) in [4.78, 5) is 43.1. The monoisotopic (exact) mass is 688 g/mol. The zero-order valence-electron chi connectivity index (χ0n) is 28.1. The van der Waals surface area contributed by atoms with Crippen LogP contribution >= 0.6 is 0 Å². The Kier molecular flexibility index (Phi) is 7.60. The molecule has 0 spiro atoms. The molecule has 1 aliphatic heterocycles. The van der Waals surface area contributed by atoms with Gasteiger partial charge in [-0.2, -0.15) is 19.3 Å². The van der Waals surface area contributed by atoms with Crippen molar-refractivity contribution in [3.63, 3.8) is 0 Å². The molecule has 256 valence electrons. The minimum absolute atomic E-state index is 0.122. The summed E-state index contributed by atoms with van der Waals surface area (Å²) in [6.45, 7) is 3.56. The van der Waals surface area contributed by atoms with Crippen LogP contribution in [0.15, 0.2) is 131 Å². The molecule has 1 saturated heterocycles. The van der Waals surface area contributed by atoms with E-state index < -0.39 is 0 Å². The second-order valence-electron chi connectivity index (χ2n) is 12.5. The maximum Gasteiger partial charge on any atom is 0.289 e. The van der Waals surface area contributed by atoms with Crippen LogP contribution in [0.3, 0.4) is 0 Å². The van der Waals surface area contributed by atoms with E-state index in [1.165, 1.54) is 0 Å². The molecule has 4 aromatic heterocycles. The summed E-state index contributed by atoms with van der Waals surface area (Å²) in [5.41, 5.74) is 3.34. The van der Waals surface area contributed by atoms with E-state index in [-0.39, 0.29) is 28.2 Å². The average molecular weight is 689 g/mol. The van der Waals surface area contributed by atoms with Crippen molar-refractivity contribution >= 4 is 34.2 Å². The van der Waals surface area contributed by atoms with Gasteiger partial charge >= 0.3 is 0 Å². The van der Waals surface area contributed by atoms with E-state index in [2.05, 4.69) is 37.3 Å². The van der Waals surface area contributed by atoms with Crippen LogP contribution in [0.5, 0.6) is 0 Å². The van der Waals surface area contributed by atoms with Crippen molar-refractivity contribution in [1.82, 2.24) is 49.1 Å². The number of aromatic nitrogens is 10. The lowest BCUT2D eigenvalue weighted by molar-refractivity contribution is 0.488. The van der Waals surface area contributed by atoms with Crippen LogP contribution in [-0.2, 0) is 0 Å². The molecule has 0 aliphatic carbocycles. The highest BCUT2D eigenvalue weighted by Gasteiger charge is 2.33. The fourth-order valence-electron chi connectivity index (χ4n) is 6.87. The Morgan fingerprint density at radius 2 is 0.981 bits per heavy atom. The van der Waals surface area contributed by atoms with Gasteiger partial charge in [-0.15, -0.1) is 10.2 Å². The van der Waals surface area contributed by atoms with E-state index in [1.54, 1.807) is 18.5 Å². The molecule has 1 atom stereocenters. The number of hydrogen-bond donors (Lipinski definition) is 0. The SMILES string of the molecule is CCC1CN(c2nc3c(nnn3-c3ccccc3)c(=O)n2-c2ccccc2)CCN1c1nc2c(nnn2-c2ccccc2)c(=O)n1-c1ccccc1. The summed E-state index contributed by atoms with van der Waals surface area (Å²) in [6.07, 6.45) is 0.719. The number of benzene rings is 4. The van der Waals surface area contributed by atoms with Crippen molar-refractivity contribution in [3.8, 4) is 22.7 Å². The minimum Gasteiger partial charge on any atom is -0.338 e. The second kappa shape index (κ2) is 12.7. The molecule has 0 saturated carbocycles. The van der Waals surface area contributed by atoms with E-state index in [0.717, 1.165) is 17.8 Å². The van der Waals surface area contributed by atoms with Crippen LogP contribution in [0.4, 0.5) is 11.9 Å². The number of nitrogens with zero attached hydrogens (tertiary/aromatic N) is 12. The summed E-state index contributed by atoms with van der Waals surface area (Å²) in [5, 5.41) is 17.3. The van der Waals surface area contributed by atoms with Gasteiger partial charge in [0.1, 0.15) is 0 Å². The van der Waals surface area contributed by atoms with Crippen molar-refractivity contribution in [1.29, 1.82) is 0 Å². The molecule has 14 heteroatoms. The van der Waals surface area contributed by atoms with Gasteiger partial charge in [0, 0.05) is 25.7 Å². The first-order valence-corrected chi connectivity index (χ1v) is 17.1. The van der Waals surface area contributed by atoms with Gasteiger partial charge in [0.2, 0.25) is 11.9 Å². The lowest BCUT2D eigenvalue weighted by atomic mass is 10.1. The van der Waals surface area contributed by atoms with Gasteiger partial charge in [-0.1, -0.05) is 90.1 Å². The smallest absolute Gasteiger partial charge is 0.289 e. The zero-order valence-corrected chi connectivity index (χ0v) is 28.1. The topological polar surface area (TPSA) is 138 Å². The molecule has 5 heterocycles. The highest BCUT2D eigenvalue weighted by atomic mass is 16.1. The number of piperazine rings is 1. The lowest BCUT2D eigenvalue weighted by Gasteiger charge is -2.43. The third-order valence-corrected chi connectivity index (χ3v) is 9.44. The van der Waals surface area contributed by atoms with Gasteiger partial charge in [-0.3, -0.25) is 9.59 Å². The minimum atomic E-state index is -0.310. The van der Waals surface area contributed by atoms with Crippen LogP contribution < -0.4 is 20.9 Å². The number of hydrogen-bond acceptors (Lipinski definition) is 10. The Balaban J connectivity index is 1.18. The molecule has 4 aromatic carbocycles. The van der Waals surface area contributed by atoms with Crippen LogP contribution in [0.1, 0.15) is 13.3 Å². The molecule has 0 amide bonds. The summed E-state index contributed by atoms with van der Waals surface area (Å²) in [5.74, 6) is 0.974. The van der Waals surface area contributed by atoms with Gasteiger partial charge in [-0.05, 0) is 55.0 Å². The van der Waals surface area contributed by atoms with E-state index in [4.69, 9.17) is 9.97 Å². The number of rotatable bonds is 7. The van der Waals surface area contributed by atoms with Crippen LogP contribution in [0, 0.1) is 0 Å². The molecule has 1 unspecified atom stereocenters. The molecule has 1 fully saturated rings. The summed E-state index contributed by atoms with van der Waals surface area (Å²) >= 11 is 0. The normalized spacial score (nSPS) is 14.8. The molecule has 14 nitrogen and oxygen atoms in total. The van der Waals surface area contributed by atoms with Crippen molar-refractivity contribution in [2.75, 3.05) is 29.4 Å². The van der Waals surface area contributed by atoms with Crippen molar-refractivity contribution < 1.29 is 0 Å². The fourth-order valence-corrected chi connectivity index (χ4v) is 6.87. The molecular weight excluding hydrogens is 656 g/mol. The first kappa shape index (κ1) is 31.1. The van der Waals surface area contributed by atoms with Crippen molar-refractivity contribution in [3.05, 3.63) is 142 Å². The Hall–Kier alpha value is -6.96. The van der Waals surface area contributed by atoms with E-state index in [0.29, 0.717) is 54.2 Å². The predicted molar refractivity (Wildman–Crippen MR) is 198 cm³/mol. The van der Waals surface area contributed by atoms with Crippen LogP contribution in [0.25, 0.3) is 45.1 Å². The first-order chi connectivity index (χ1) is 25.6. The molecule has 0 N–H and O–H groups in total. The Morgan fingerprint density at radius 3 is 1.44 bits per heavy atom. The van der Waals surface area contributed by atoms with Gasteiger partial charge < -0.3 is 9.80 Å². The fraction of sp³-hybridized carbons (Fsp3) is 0.158. The number of anilines is 2. The Bertz CT molecular complexity index is 2650. The molecular formula is C38H32N12O2. The van der Waals surface area contributed by atoms with Crippen molar-refractivity contribution in [2.24, 2.45) is 0 Å². The molecule has 9 rings (SSSR count). The Morgan fingerprint density at radius 1 is 0.558 bits per heavy atom.